The first-order valence-electron chi connectivity index (χ1n) is 7.25. The van der Waals surface area contributed by atoms with Crippen molar-refractivity contribution in [2.75, 3.05) is 19.7 Å². The van der Waals surface area contributed by atoms with Gasteiger partial charge in [0.1, 0.15) is 5.84 Å². The summed E-state index contributed by atoms with van der Waals surface area (Å²) in [6.07, 6.45) is 4.03. The van der Waals surface area contributed by atoms with Gasteiger partial charge in [0.15, 0.2) is 0 Å². The second-order valence-corrected chi connectivity index (χ2v) is 5.70. The lowest BCUT2D eigenvalue weighted by Crippen LogP contribution is -2.38. The van der Waals surface area contributed by atoms with Gasteiger partial charge in [0.05, 0.1) is 6.61 Å². The van der Waals surface area contributed by atoms with E-state index in [0.717, 1.165) is 38.8 Å². The van der Waals surface area contributed by atoms with Crippen LogP contribution in [0.3, 0.4) is 0 Å². The van der Waals surface area contributed by atoms with E-state index in [1.807, 2.05) is 13.8 Å². The number of rotatable bonds is 10. The molecule has 0 aromatic rings. The third kappa shape index (κ3) is 6.25. The normalized spacial score (nSPS) is 13.5. The Labute approximate surface area is 117 Å². The van der Waals surface area contributed by atoms with Crippen LogP contribution in [-0.4, -0.2) is 46.8 Å². The highest BCUT2D eigenvalue weighted by atomic mass is 16.4. The molecule has 19 heavy (non-hydrogen) atoms. The van der Waals surface area contributed by atoms with Crippen molar-refractivity contribution in [1.82, 2.24) is 4.90 Å². The first-order valence-corrected chi connectivity index (χ1v) is 7.25. The monoisotopic (exact) mass is 273 g/mol. The number of aliphatic hydroxyl groups excluding tert-OH is 1. The summed E-state index contributed by atoms with van der Waals surface area (Å²) in [5.41, 5.74) is 5.40. The summed E-state index contributed by atoms with van der Waals surface area (Å²) in [5.74, 6) is 0.281. The lowest BCUT2D eigenvalue weighted by atomic mass is 9.86. The Hall–Kier alpha value is -0.810. The summed E-state index contributed by atoms with van der Waals surface area (Å²) in [6, 6.07) is 0.527. The zero-order valence-corrected chi connectivity index (χ0v) is 12.9. The number of oxime groups is 1. The van der Waals surface area contributed by atoms with E-state index in [-0.39, 0.29) is 17.9 Å². The molecule has 0 atom stereocenters. The van der Waals surface area contributed by atoms with Crippen molar-refractivity contribution < 1.29 is 10.3 Å². The summed E-state index contributed by atoms with van der Waals surface area (Å²) in [7, 11) is 0. The van der Waals surface area contributed by atoms with Crippen molar-refractivity contribution in [2.24, 2.45) is 16.3 Å². The molecule has 0 aromatic carbocycles. The van der Waals surface area contributed by atoms with Crippen molar-refractivity contribution in [3.8, 4) is 0 Å². The Kier molecular flexibility index (Phi) is 8.76. The Morgan fingerprint density at radius 1 is 1.26 bits per heavy atom. The lowest BCUT2D eigenvalue weighted by Gasteiger charge is -2.31. The third-order valence-corrected chi connectivity index (χ3v) is 3.89. The fraction of sp³-hybridized carbons (Fsp3) is 0.929. The van der Waals surface area contributed by atoms with Gasteiger partial charge in [0.2, 0.25) is 0 Å². The molecule has 0 heterocycles. The average molecular weight is 273 g/mol. The summed E-state index contributed by atoms with van der Waals surface area (Å²) >= 11 is 0. The molecule has 4 N–H and O–H groups in total. The van der Waals surface area contributed by atoms with Crippen LogP contribution in [0.2, 0.25) is 0 Å². The molecule has 0 saturated heterocycles. The highest BCUT2D eigenvalue weighted by molar-refractivity contribution is 5.85. The van der Waals surface area contributed by atoms with Gasteiger partial charge in [0, 0.05) is 18.0 Å². The average Bonchev–Trinajstić information content (AvgIpc) is 2.38. The van der Waals surface area contributed by atoms with Crippen LogP contribution in [0.25, 0.3) is 0 Å². The smallest absolute Gasteiger partial charge is 0.144 e. The quantitative estimate of drug-likeness (QED) is 0.246. The molecule has 0 unspecified atom stereocenters. The predicted molar refractivity (Wildman–Crippen MR) is 79.5 cm³/mol. The van der Waals surface area contributed by atoms with Crippen LogP contribution >= 0.6 is 0 Å². The molecule has 0 saturated carbocycles. The summed E-state index contributed by atoms with van der Waals surface area (Å²) in [5, 5.41) is 21.0. The summed E-state index contributed by atoms with van der Waals surface area (Å²) in [4.78, 5) is 2.34. The van der Waals surface area contributed by atoms with E-state index >= 15 is 0 Å². The number of nitrogens with two attached hydrogens (primary N) is 1. The zero-order valence-electron chi connectivity index (χ0n) is 12.9. The topological polar surface area (TPSA) is 82.1 Å². The zero-order chi connectivity index (χ0) is 14.9. The Morgan fingerprint density at radius 2 is 1.84 bits per heavy atom. The van der Waals surface area contributed by atoms with Crippen LogP contribution in [0.1, 0.15) is 53.4 Å². The number of amidine groups is 1. The molecule has 0 aliphatic heterocycles. The van der Waals surface area contributed by atoms with Crippen molar-refractivity contribution in [3.63, 3.8) is 0 Å². The number of hydrogen-bond acceptors (Lipinski definition) is 4. The minimum atomic E-state index is -0.284. The van der Waals surface area contributed by atoms with Gasteiger partial charge >= 0.3 is 0 Å². The van der Waals surface area contributed by atoms with Crippen molar-refractivity contribution in [3.05, 3.63) is 0 Å². The maximum absolute atomic E-state index is 9.15. The Morgan fingerprint density at radius 3 is 2.26 bits per heavy atom. The maximum atomic E-state index is 9.15. The van der Waals surface area contributed by atoms with Crippen LogP contribution in [0.4, 0.5) is 0 Å². The molecule has 0 rings (SSSR count). The SMILES string of the molecule is CCC(CC)N(CCO)CCCC(C)(C)C(N)=NO. The second kappa shape index (κ2) is 9.15. The molecule has 0 spiro atoms. The van der Waals surface area contributed by atoms with Gasteiger partial charge < -0.3 is 16.0 Å². The summed E-state index contributed by atoms with van der Waals surface area (Å²) in [6.45, 7) is 10.2. The molecule has 5 nitrogen and oxygen atoms in total. The van der Waals surface area contributed by atoms with Crippen LogP contribution in [0.15, 0.2) is 5.16 Å². The van der Waals surface area contributed by atoms with E-state index in [4.69, 9.17) is 16.0 Å². The minimum Gasteiger partial charge on any atom is -0.409 e. The second-order valence-electron chi connectivity index (χ2n) is 5.70. The van der Waals surface area contributed by atoms with Crippen molar-refractivity contribution in [2.45, 2.75) is 59.4 Å². The van der Waals surface area contributed by atoms with Crippen LogP contribution < -0.4 is 5.73 Å². The summed E-state index contributed by atoms with van der Waals surface area (Å²) < 4.78 is 0. The van der Waals surface area contributed by atoms with Crippen LogP contribution in [0.5, 0.6) is 0 Å². The largest absolute Gasteiger partial charge is 0.409 e. The molecular weight excluding hydrogens is 242 g/mol. The standard InChI is InChI=1S/C14H31N3O2/c1-5-12(6-2)17(10-11-18)9-7-8-14(3,4)13(15)16-19/h12,18-19H,5-11H2,1-4H3,(H2,15,16). The van der Waals surface area contributed by atoms with Gasteiger partial charge in [-0.05, 0) is 32.2 Å². The van der Waals surface area contributed by atoms with Gasteiger partial charge in [-0.2, -0.15) is 0 Å². The van der Waals surface area contributed by atoms with Gasteiger partial charge in [-0.3, -0.25) is 4.90 Å². The van der Waals surface area contributed by atoms with Crippen LogP contribution in [-0.2, 0) is 0 Å². The van der Waals surface area contributed by atoms with Crippen LogP contribution in [0, 0.1) is 5.41 Å². The van der Waals surface area contributed by atoms with E-state index in [0.29, 0.717) is 6.04 Å². The molecule has 114 valence electrons. The highest BCUT2D eigenvalue weighted by Gasteiger charge is 2.24. The molecule has 0 aliphatic rings. The Balaban J connectivity index is 4.33. The molecule has 0 amide bonds. The van der Waals surface area contributed by atoms with E-state index in [1.165, 1.54) is 0 Å². The van der Waals surface area contributed by atoms with Crippen molar-refractivity contribution in [1.29, 1.82) is 0 Å². The fourth-order valence-electron chi connectivity index (χ4n) is 2.40. The fourth-order valence-corrected chi connectivity index (χ4v) is 2.40. The minimum absolute atomic E-state index is 0.195. The number of nitrogens with zero attached hydrogens (tertiary/aromatic N) is 2. The van der Waals surface area contributed by atoms with Crippen molar-refractivity contribution >= 4 is 5.84 Å². The maximum Gasteiger partial charge on any atom is 0.144 e. The van der Waals surface area contributed by atoms with E-state index < -0.39 is 0 Å². The number of aliphatic hydroxyl groups is 1. The van der Waals surface area contributed by atoms with E-state index in [1.54, 1.807) is 0 Å². The molecule has 0 aromatic heterocycles. The lowest BCUT2D eigenvalue weighted by molar-refractivity contribution is 0.138. The number of hydrogen-bond donors (Lipinski definition) is 3. The first-order chi connectivity index (χ1) is 8.92. The highest BCUT2D eigenvalue weighted by Crippen LogP contribution is 2.23. The molecule has 5 heteroatoms. The van der Waals surface area contributed by atoms with Gasteiger partial charge in [-0.1, -0.05) is 32.9 Å². The van der Waals surface area contributed by atoms with Gasteiger partial charge in [-0.25, -0.2) is 0 Å². The van der Waals surface area contributed by atoms with E-state index in [9.17, 15) is 0 Å². The van der Waals surface area contributed by atoms with E-state index in [2.05, 4.69) is 23.9 Å². The first kappa shape index (κ1) is 18.2. The van der Waals surface area contributed by atoms with Gasteiger partial charge in [0.25, 0.3) is 0 Å². The third-order valence-electron chi connectivity index (χ3n) is 3.89. The molecule has 0 aliphatic carbocycles. The molecular formula is C14H31N3O2. The molecule has 0 radical (unpaired) electrons. The molecule has 0 fully saturated rings. The predicted octanol–water partition coefficient (Wildman–Crippen LogP) is 2.02. The molecule has 0 bridgehead atoms. The van der Waals surface area contributed by atoms with Gasteiger partial charge in [-0.15, -0.1) is 0 Å². The Bertz CT molecular complexity index is 263.